The van der Waals surface area contributed by atoms with Gasteiger partial charge in [-0.05, 0) is 46.5 Å². The zero-order valence-corrected chi connectivity index (χ0v) is 12.7. The summed E-state index contributed by atoms with van der Waals surface area (Å²) in [6.45, 7) is 0. The molecule has 0 aromatic heterocycles. The van der Waals surface area contributed by atoms with Crippen LogP contribution in [0.25, 0.3) is 10.8 Å². The highest BCUT2D eigenvalue weighted by atomic mass is 35.5. The van der Waals surface area contributed by atoms with Gasteiger partial charge in [-0.1, -0.05) is 48.5 Å². The second-order valence-corrected chi connectivity index (χ2v) is 5.65. The van der Waals surface area contributed by atoms with E-state index in [1.165, 1.54) is 16.3 Å². The van der Waals surface area contributed by atoms with Gasteiger partial charge in [-0.2, -0.15) is 0 Å². The van der Waals surface area contributed by atoms with Crippen LogP contribution in [0.15, 0.2) is 66.7 Å². The molecule has 0 amide bonds. The quantitative estimate of drug-likeness (QED) is 0.588. The predicted octanol–water partition coefficient (Wildman–Crippen LogP) is 5.37. The zero-order valence-electron chi connectivity index (χ0n) is 11.9. The average molecular weight is 297 g/mol. The number of ether oxygens (including phenoxy) is 1. The highest BCUT2D eigenvalue weighted by Gasteiger charge is 2.09. The molecule has 0 saturated heterocycles. The summed E-state index contributed by atoms with van der Waals surface area (Å²) < 4.78 is 5.17. The van der Waals surface area contributed by atoms with Gasteiger partial charge in [-0.25, -0.2) is 0 Å². The molecule has 0 fully saturated rings. The molecule has 3 aromatic rings. The van der Waals surface area contributed by atoms with Gasteiger partial charge in [-0.3, -0.25) is 0 Å². The van der Waals surface area contributed by atoms with Crippen LogP contribution in [0.2, 0.25) is 0 Å². The van der Waals surface area contributed by atoms with Crippen LogP contribution in [0, 0.1) is 0 Å². The number of fused-ring (bicyclic) bond motifs is 1. The molecule has 1 nitrogen and oxygen atoms in total. The predicted molar refractivity (Wildman–Crippen MR) is 89.2 cm³/mol. The average Bonchev–Trinajstić information content (AvgIpc) is 2.55. The molecule has 2 heteroatoms. The topological polar surface area (TPSA) is 9.23 Å². The lowest BCUT2D eigenvalue weighted by atomic mass is 10.0. The van der Waals surface area contributed by atoms with Crippen molar-refractivity contribution in [2.45, 2.75) is 11.8 Å². The molecule has 0 bridgehead atoms. The first-order chi connectivity index (χ1) is 10.3. The lowest BCUT2D eigenvalue weighted by molar-refractivity contribution is 0.414. The van der Waals surface area contributed by atoms with Crippen LogP contribution >= 0.6 is 11.6 Å². The van der Waals surface area contributed by atoms with E-state index in [1.54, 1.807) is 7.11 Å². The third kappa shape index (κ3) is 3.20. The van der Waals surface area contributed by atoms with Crippen molar-refractivity contribution in [2.75, 3.05) is 7.11 Å². The molecule has 0 N–H and O–H groups in total. The molecule has 0 aliphatic carbocycles. The number of halogens is 1. The Bertz CT molecular complexity index is 734. The Balaban J connectivity index is 1.80. The van der Waals surface area contributed by atoms with Crippen molar-refractivity contribution in [2.24, 2.45) is 0 Å². The first-order valence-corrected chi connectivity index (χ1v) is 7.45. The zero-order chi connectivity index (χ0) is 14.7. The summed E-state index contributed by atoms with van der Waals surface area (Å²) in [7, 11) is 1.68. The van der Waals surface area contributed by atoms with Crippen molar-refractivity contribution in [3.8, 4) is 5.75 Å². The van der Waals surface area contributed by atoms with Crippen LogP contribution in [0.3, 0.4) is 0 Å². The van der Waals surface area contributed by atoms with Crippen molar-refractivity contribution in [1.82, 2.24) is 0 Å². The third-order valence-corrected chi connectivity index (χ3v) is 4.12. The van der Waals surface area contributed by atoms with Gasteiger partial charge in [0.05, 0.1) is 12.5 Å². The summed E-state index contributed by atoms with van der Waals surface area (Å²) in [5.74, 6) is 0.871. The number of benzene rings is 3. The normalized spacial score (nSPS) is 12.3. The van der Waals surface area contributed by atoms with E-state index in [0.29, 0.717) is 0 Å². The van der Waals surface area contributed by atoms with Crippen LogP contribution in [-0.2, 0) is 6.42 Å². The van der Waals surface area contributed by atoms with Gasteiger partial charge < -0.3 is 4.74 Å². The molecule has 1 atom stereocenters. The molecular weight excluding hydrogens is 280 g/mol. The summed E-state index contributed by atoms with van der Waals surface area (Å²) in [6, 6.07) is 22.8. The first kappa shape index (κ1) is 14.0. The molecule has 3 aromatic carbocycles. The minimum absolute atomic E-state index is 0.0250. The molecule has 0 radical (unpaired) electrons. The summed E-state index contributed by atoms with van der Waals surface area (Å²) in [5.41, 5.74) is 2.37. The highest BCUT2D eigenvalue weighted by molar-refractivity contribution is 6.21. The number of hydrogen-bond acceptors (Lipinski definition) is 1. The Morgan fingerprint density at radius 1 is 0.905 bits per heavy atom. The molecule has 106 valence electrons. The standard InChI is InChI=1S/C19H17ClO/c1-21-18-10-6-14(7-11-18)12-19(20)17-9-8-15-4-2-3-5-16(15)13-17/h2-11,13,19H,12H2,1H3. The Kier molecular flexibility index (Phi) is 4.12. The van der Waals surface area contributed by atoms with E-state index in [1.807, 2.05) is 12.1 Å². The van der Waals surface area contributed by atoms with Gasteiger partial charge in [0.25, 0.3) is 0 Å². The minimum atomic E-state index is -0.0250. The minimum Gasteiger partial charge on any atom is -0.497 e. The van der Waals surface area contributed by atoms with Crippen LogP contribution in [0.5, 0.6) is 5.75 Å². The molecule has 1 unspecified atom stereocenters. The number of alkyl halides is 1. The van der Waals surface area contributed by atoms with E-state index < -0.39 is 0 Å². The van der Waals surface area contributed by atoms with Crippen molar-refractivity contribution in [3.63, 3.8) is 0 Å². The van der Waals surface area contributed by atoms with E-state index >= 15 is 0 Å². The summed E-state index contributed by atoms with van der Waals surface area (Å²) in [6.07, 6.45) is 0.809. The van der Waals surface area contributed by atoms with E-state index in [-0.39, 0.29) is 5.38 Å². The van der Waals surface area contributed by atoms with Gasteiger partial charge in [0.15, 0.2) is 0 Å². The number of methoxy groups -OCH3 is 1. The fraction of sp³-hybridized carbons (Fsp3) is 0.158. The fourth-order valence-corrected chi connectivity index (χ4v) is 2.80. The number of rotatable bonds is 4. The van der Waals surface area contributed by atoms with Crippen LogP contribution < -0.4 is 4.74 Å². The van der Waals surface area contributed by atoms with E-state index in [4.69, 9.17) is 16.3 Å². The molecule has 0 aliphatic rings. The highest BCUT2D eigenvalue weighted by Crippen LogP contribution is 2.28. The van der Waals surface area contributed by atoms with Gasteiger partial charge in [-0.15, -0.1) is 11.6 Å². The first-order valence-electron chi connectivity index (χ1n) is 7.02. The molecule has 0 saturated carbocycles. The fourth-order valence-electron chi connectivity index (χ4n) is 2.49. The Morgan fingerprint density at radius 3 is 2.33 bits per heavy atom. The molecule has 0 aliphatic heterocycles. The molecule has 21 heavy (non-hydrogen) atoms. The maximum atomic E-state index is 6.58. The second kappa shape index (κ2) is 6.19. The van der Waals surface area contributed by atoms with Crippen LogP contribution in [-0.4, -0.2) is 7.11 Å². The molecule has 3 rings (SSSR count). The van der Waals surface area contributed by atoms with Crippen LogP contribution in [0.4, 0.5) is 0 Å². The summed E-state index contributed by atoms with van der Waals surface area (Å²) in [4.78, 5) is 0. The Labute approximate surface area is 130 Å². The molecule has 0 spiro atoms. The lowest BCUT2D eigenvalue weighted by Crippen LogP contribution is -1.96. The smallest absolute Gasteiger partial charge is 0.118 e. The second-order valence-electron chi connectivity index (χ2n) is 5.13. The van der Waals surface area contributed by atoms with Crippen LogP contribution in [0.1, 0.15) is 16.5 Å². The SMILES string of the molecule is COc1ccc(CC(Cl)c2ccc3ccccc3c2)cc1. The summed E-state index contributed by atoms with van der Waals surface area (Å²) >= 11 is 6.58. The molecule has 0 heterocycles. The van der Waals surface area contributed by atoms with Gasteiger partial charge in [0.1, 0.15) is 5.75 Å². The van der Waals surface area contributed by atoms with Gasteiger partial charge in [0.2, 0.25) is 0 Å². The summed E-state index contributed by atoms with van der Waals surface area (Å²) in [5, 5.41) is 2.45. The van der Waals surface area contributed by atoms with E-state index in [2.05, 4.69) is 54.6 Å². The van der Waals surface area contributed by atoms with Crippen molar-refractivity contribution in [3.05, 3.63) is 77.9 Å². The largest absolute Gasteiger partial charge is 0.497 e. The Hall–Kier alpha value is -1.99. The lowest BCUT2D eigenvalue weighted by Gasteiger charge is -2.11. The Morgan fingerprint density at radius 2 is 1.62 bits per heavy atom. The van der Waals surface area contributed by atoms with Crippen molar-refractivity contribution in [1.29, 1.82) is 0 Å². The van der Waals surface area contributed by atoms with Crippen molar-refractivity contribution < 1.29 is 4.74 Å². The maximum Gasteiger partial charge on any atom is 0.118 e. The molecular formula is C19H17ClO. The monoisotopic (exact) mass is 296 g/mol. The van der Waals surface area contributed by atoms with Crippen molar-refractivity contribution >= 4 is 22.4 Å². The van der Waals surface area contributed by atoms with E-state index in [0.717, 1.165) is 17.7 Å². The van der Waals surface area contributed by atoms with Gasteiger partial charge in [0, 0.05) is 0 Å². The van der Waals surface area contributed by atoms with Gasteiger partial charge >= 0.3 is 0 Å². The number of hydrogen-bond donors (Lipinski definition) is 0. The third-order valence-electron chi connectivity index (χ3n) is 3.71. The maximum absolute atomic E-state index is 6.58. The van der Waals surface area contributed by atoms with E-state index in [9.17, 15) is 0 Å².